The van der Waals surface area contributed by atoms with Crippen LogP contribution >= 0.6 is 11.6 Å². The van der Waals surface area contributed by atoms with Crippen molar-refractivity contribution >= 4 is 29.4 Å². The Morgan fingerprint density at radius 1 is 1.13 bits per heavy atom. The molecule has 2 aromatic carbocycles. The standard InChI is InChI=1S/C19H17ClN2O/c1-13-5-7-14(8-6-13)9-10-18-21-17(19(23)22-18)12-15-3-2-4-16(20)11-15/h2-8,11-12H,9-10H2,1H3,(H,21,22,23)/b17-12+. The topological polar surface area (TPSA) is 41.5 Å². The first-order valence-electron chi connectivity index (χ1n) is 7.52. The van der Waals surface area contributed by atoms with Crippen molar-refractivity contribution in [3.05, 3.63) is 75.9 Å². The molecule has 1 aliphatic rings. The summed E-state index contributed by atoms with van der Waals surface area (Å²) in [6.45, 7) is 2.07. The normalized spacial score (nSPS) is 15.7. The van der Waals surface area contributed by atoms with Gasteiger partial charge in [-0.3, -0.25) is 4.79 Å². The fraction of sp³-hybridized carbons (Fsp3) is 0.158. The van der Waals surface area contributed by atoms with Gasteiger partial charge in [0.1, 0.15) is 11.5 Å². The maximum atomic E-state index is 12.0. The molecule has 0 radical (unpaired) electrons. The number of carbonyl (C=O) groups excluding carboxylic acids is 1. The number of carbonyl (C=O) groups is 1. The number of aryl methyl sites for hydroxylation is 2. The fourth-order valence-electron chi connectivity index (χ4n) is 2.41. The summed E-state index contributed by atoms with van der Waals surface area (Å²) < 4.78 is 0. The number of nitrogens with one attached hydrogen (secondary N) is 1. The van der Waals surface area contributed by atoms with Crippen LogP contribution in [0.4, 0.5) is 0 Å². The number of halogens is 1. The van der Waals surface area contributed by atoms with Gasteiger partial charge >= 0.3 is 0 Å². The van der Waals surface area contributed by atoms with Gasteiger partial charge in [-0.1, -0.05) is 53.6 Å². The van der Waals surface area contributed by atoms with E-state index in [9.17, 15) is 4.79 Å². The van der Waals surface area contributed by atoms with Crippen LogP contribution in [0.2, 0.25) is 5.02 Å². The number of hydrogen-bond acceptors (Lipinski definition) is 2. The van der Waals surface area contributed by atoms with E-state index in [0.29, 0.717) is 23.0 Å². The maximum absolute atomic E-state index is 12.0. The molecular weight excluding hydrogens is 308 g/mol. The second-order valence-corrected chi connectivity index (χ2v) is 6.02. The highest BCUT2D eigenvalue weighted by Crippen LogP contribution is 2.17. The first kappa shape index (κ1) is 15.5. The van der Waals surface area contributed by atoms with Crippen LogP contribution in [0.25, 0.3) is 6.08 Å². The second kappa shape index (κ2) is 6.80. The zero-order valence-corrected chi connectivity index (χ0v) is 13.6. The number of benzene rings is 2. The van der Waals surface area contributed by atoms with Gasteiger partial charge in [-0.05, 0) is 42.7 Å². The molecule has 0 saturated carbocycles. The number of aliphatic imine (C=N–C) groups is 1. The maximum Gasteiger partial charge on any atom is 0.275 e. The van der Waals surface area contributed by atoms with E-state index < -0.39 is 0 Å². The Morgan fingerprint density at radius 2 is 1.91 bits per heavy atom. The van der Waals surface area contributed by atoms with Gasteiger partial charge in [0.05, 0.1) is 0 Å². The minimum atomic E-state index is -0.163. The SMILES string of the molecule is Cc1ccc(CCC2=N/C(=C/c3cccc(Cl)c3)C(=O)N2)cc1. The molecule has 23 heavy (non-hydrogen) atoms. The van der Waals surface area contributed by atoms with E-state index in [1.807, 2.05) is 18.2 Å². The summed E-state index contributed by atoms with van der Waals surface area (Å²) in [5, 5.41) is 3.47. The van der Waals surface area contributed by atoms with Gasteiger partial charge in [-0.25, -0.2) is 4.99 Å². The summed E-state index contributed by atoms with van der Waals surface area (Å²) in [6.07, 6.45) is 3.31. The fourth-order valence-corrected chi connectivity index (χ4v) is 2.61. The Balaban J connectivity index is 1.70. The Kier molecular flexibility index (Phi) is 4.58. The summed E-state index contributed by atoms with van der Waals surface area (Å²) in [5.74, 6) is 0.549. The van der Waals surface area contributed by atoms with Crippen molar-refractivity contribution in [2.45, 2.75) is 19.8 Å². The summed E-state index contributed by atoms with van der Waals surface area (Å²) in [7, 11) is 0. The molecule has 0 saturated heterocycles. The Labute approximate surface area is 140 Å². The van der Waals surface area contributed by atoms with Crippen molar-refractivity contribution in [1.29, 1.82) is 0 Å². The lowest BCUT2D eigenvalue weighted by Gasteiger charge is -2.02. The molecule has 0 spiro atoms. The predicted octanol–water partition coefficient (Wildman–Crippen LogP) is 4.15. The molecule has 0 unspecified atom stereocenters. The average Bonchev–Trinajstić information content (AvgIpc) is 2.87. The molecular formula is C19H17ClN2O. The number of amidine groups is 1. The minimum Gasteiger partial charge on any atom is -0.309 e. The van der Waals surface area contributed by atoms with E-state index in [4.69, 9.17) is 11.6 Å². The van der Waals surface area contributed by atoms with Gasteiger partial charge in [0.2, 0.25) is 0 Å². The van der Waals surface area contributed by atoms with Crippen molar-refractivity contribution in [3.8, 4) is 0 Å². The Morgan fingerprint density at radius 3 is 2.65 bits per heavy atom. The van der Waals surface area contributed by atoms with Gasteiger partial charge in [-0.2, -0.15) is 0 Å². The molecule has 0 aliphatic carbocycles. The summed E-state index contributed by atoms with van der Waals surface area (Å²) in [5.41, 5.74) is 3.77. The van der Waals surface area contributed by atoms with Crippen LogP contribution in [0.3, 0.4) is 0 Å². The highest BCUT2D eigenvalue weighted by atomic mass is 35.5. The highest BCUT2D eigenvalue weighted by molar-refractivity contribution is 6.30. The molecule has 3 nitrogen and oxygen atoms in total. The van der Waals surface area contributed by atoms with Crippen molar-refractivity contribution in [2.24, 2.45) is 4.99 Å². The molecule has 0 atom stereocenters. The third-order valence-corrected chi connectivity index (χ3v) is 3.90. The number of rotatable bonds is 4. The second-order valence-electron chi connectivity index (χ2n) is 5.58. The molecule has 1 aliphatic heterocycles. The van der Waals surface area contributed by atoms with Crippen molar-refractivity contribution in [2.75, 3.05) is 0 Å². The molecule has 1 heterocycles. The molecule has 116 valence electrons. The molecule has 3 rings (SSSR count). The molecule has 4 heteroatoms. The number of nitrogens with zero attached hydrogens (tertiary/aromatic N) is 1. The number of amides is 1. The molecule has 1 amide bonds. The van der Waals surface area contributed by atoms with Crippen LogP contribution in [-0.2, 0) is 11.2 Å². The van der Waals surface area contributed by atoms with Crippen molar-refractivity contribution < 1.29 is 4.79 Å². The quantitative estimate of drug-likeness (QED) is 0.843. The molecule has 1 N–H and O–H groups in total. The zero-order chi connectivity index (χ0) is 16.2. The van der Waals surface area contributed by atoms with Crippen LogP contribution < -0.4 is 5.32 Å². The molecule has 0 bridgehead atoms. The van der Waals surface area contributed by atoms with E-state index in [1.165, 1.54) is 11.1 Å². The van der Waals surface area contributed by atoms with Crippen LogP contribution in [0.1, 0.15) is 23.1 Å². The smallest absolute Gasteiger partial charge is 0.275 e. The lowest BCUT2D eigenvalue weighted by molar-refractivity contribution is -0.115. The first-order valence-corrected chi connectivity index (χ1v) is 7.90. The van der Waals surface area contributed by atoms with Crippen molar-refractivity contribution in [3.63, 3.8) is 0 Å². The number of hydrogen-bond donors (Lipinski definition) is 1. The van der Waals surface area contributed by atoms with E-state index in [-0.39, 0.29) is 5.91 Å². The summed E-state index contributed by atoms with van der Waals surface area (Å²) >= 11 is 5.96. The van der Waals surface area contributed by atoms with Crippen LogP contribution in [0.15, 0.2) is 59.2 Å². The summed E-state index contributed by atoms with van der Waals surface area (Å²) in [4.78, 5) is 16.4. The zero-order valence-electron chi connectivity index (χ0n) is 12.8. The molecule has 0 aromatic heterocycles. The third-order valence-electron chi connectivity index (χ3n) is 3.67. The van der Waals surface area contributed by atoms with E-state index in [1.54, 1.807) is 12.1 Å². The van der Waals surface area contributed by atoms with E-state index in [2.05, 4.69) is 41.5 Å². The van der Waals surface area contributed by atoms with E-state index >= 15 is 0 Å². The largest absolute Gasteiger partial charge is 0.309 e. The van der Waals surface area contributed by atoms with Crippen LogP contribution in [-0.4, -0.2) is 11.7 Å². The Hall–Kier alpha value is -2.39. The monoisotopic (exact) mass is 324 g/mol. The van der Waals surface area contributed by atoms with Crippen LogP contribution in [0, 0.1) is 6.92 Å². The average molecular weight is 325 g/mol. The van der Waals surface area contributed by atoms with Crippen molar-refractivity contribution in [1.82, 2.24) is 5.32 Å². The predicted molar refractivity (Wildman–Crippen MR) is 94.5 cm³/mol. The summed E-state index contributed by atoms with van der Waals surface area (Å²) in [6, 6.07) is 15.8. The third kappa shape index (κ3) is 4.08. The minimum absolute atomic E-state index is 0.163. The van der Waals surface area contributed by atoms with E-state index in [0.717, 1.165) is 12.0 Å². The van der Waals surface area contributed by atoms with Gasteiger partial charge in [0.25, 0.3) is 5.91 Å². The highest BCUT2D eigenvalue weighted by Gasteiger charge is 2.19. The van der Waals surface area contributed by atoms with Gasteiger partial charge in [-0.15, -0.1) is 0 Å². The lowest BCUT2D eigenvalue weighted by atomic mass is 10.1. The molecule has 2 aromatic rings. The van der Waals surface area contributed by atoms with Crippen LogP contribution in [0.5, 0.6) is 0 Å². The lowest BCUT2D eigenvalue weighted by Crippen LogP contribution is -2.24. The van der Waals surface area contributed by atoms with Gasteiger partial charge in [0, 0.05) is 11.4 Å². The van der Waals surface area contributed by atoms with Gasteiger partial charge < -0.3 is 5.32 Å². The first-order chi connectivity index (χ1) is 11.1. The Bertz CT molecular complexity index is 791. The van der Waals surface area contributed by atoms with Gasteiger partial charge in [0.15, 0.2) is 0 Å². The molecule has 0 fully saturated rings.